The average molecular weight is 371 g/mol. The predicted octanol–water partition coefficient (Wildman–Crippen LogP) is 1.66. The van der Waals surface area contributed by atoms with Crippen LogP contribution in [-0.4, -0.2) is 27.7 Å². The van der Waals surface area contributed by atoms with Crippen LogP contribution >= 0.6 is 11.3 Å². The Hall–Kier alpha value is -3.53. The highest BCUT2D eigenvalue weighted by atomic mass is 32.1. The third-order valence-electron chi connectivity index (χ3n) is 3.12. The zero-order valence-electron chi connectivity index (χ0n) is 13.3. The first-order chi connectivity index (χ1) is 12.5. The van der Waals surface area contributed by atoms with E-state index < -0.39 is 17.7 Å². The van der Waals surface area contributed by atoms with Crippen LogP contribution in [0.3, 0.4) is 0 Å². The molecule has 4 N–H and O–H groups in total. The van der Waals surface area contributed by atoms with Crippen molar-refractivity contribution < 1.29 is 18.8 Å². The SMILES string of the molecule is NC(=O)Cc1csc(NC(=O)c2coc(NC(=O)c3ccccc3)n2)n1. The number of amides is 3. The van der Waals surface area contributed by atoms with E-state index in [1.807, 2.05) is 0 Å². The summed E-state index contributed by atoms with van der Waals surface area (Å²) in [7, 11) is 0. The maximum absolute atomic E-state index is 12.1. The Kier molecular flexibility index (Phi) is 5.04. The van der Waals surface area contributed by atoms with Crippen LogP contribution in [0.5, 0.6) is 0 Å². The van der Waals surface area contributed by atoms with Gasteiger partial charge in [-0.05, 0) is 12.1 Å². The zero-order valence-corrected chi connectivity index (χ0v) is 14.1. The number of nitrogens with zero attached hydrogens (tertiary/aromatic N) is 2. The Bertz CT molecular complexity index is 950. The third-order valence-corrected chi connectivity index (χ3v) is 3.93. The lowest BCUT2D eigenvalue weighted by molar-refractivity contribution is -0.117. The highest BCUT2D eigenvalue weighted by molar-refractivity contribution is 7.14. The van der Waals surface area contributed by atoms with Gasteiger partial charge in [0.25, 0.3) is 11.8 Å². The van der Waals surface area contributed by atoms with Gasteiger partial charge in [-0.2, -0.15) is 4.98 Å². The molecule has 0 radical (unpaired) electrons. The van der Waals surface area contributed by atoms with E-state index in [9.17, 15) is 14.4 Å². The van der Waals surface area contributed by atoms with Gasteiger partial charge >= 0.3 is 6.01 Å². The summed E-state index contributed by atoms with van der Waals surface area (Å²) in [6, 6.07) is 8.42. The minimum absolute atomic E-state index is 0.00794. The fraction of sp³-hybridized carbons (Fsp3) is 0.0625. The summed E-state index contributed by atoms with van der Waals surface area (Å²) >= 11 is 1.15. The van der Waals surface area contributed by atoms with Crippen LogP contribution < -0.4 is 16.4 Å². The molecule has 0 saturated carbocycles. The van der Waals surface area contributed by atoms with Gasteiger partial charge in [0.15, 0.2) is 10.8 Å². The summed E-state index contributed by atoms with van der Waals surface area (Å²) in [6.45, 7) is 0. The number of carbonyl (C=O) groups excluding carboxylic acids is 3. The normalized spacial score (nSPS) is 10.3. The van der Waals surface area contributed by atoms with Crippen LogP contribution in [0.4, 0.5) is 11.1 Å². The van der Waals surface area contributed by atoms with Gasteiger partial charge in [-0.1, -0.05) is 18.2 Å². The number of carbonyl (C=O) groups is 3. The first-order valence-corrected chi connectivity index (χ1v) is 8.25. The van der Waals surface area contributed by atoms with E-state index in [2.05, 4.69) is 20.6 Å². The molecule has 3 amide bonds. The van der Waals surface area contributed by atoms with Crippen molar-refractivity contribution in [1.29, 1.82) is 0 Å². The van der Waals surface area contributed by atoms with E-state index >= 15 is 0 Å². The number of benzene rings is 1. The summed E-state index contributed by atoms with van der Waals surface area (Å²) in [5.74, 6) is -1.48. The molecule has 10 heteroatoms. The van der Waals surface area contributed by atoms with Crippen molar-refractivity contribution >= 4 is 40.2 Å². The third kappa shape index (κ3) is 4.30. The van der Waals surface area contributed by atoms with Crippen LogP contribution in [-0.2, 0) is 11.2 Å². The first-order valence-electron chi connectivity index (χ1n) is 7.37. The number of oxazole rings is 1. The maximum Gasteiger partial charge on any atom is 0.302 e. The Morgan fingerprint density at radius 2 is 1.85 bits per heavy atom. The lowest BCUT2D eigenvalue weighted by Crippen LogP contribution is -2.15. The molecule has 0 unspecified atom stereocenters. The minimum atomic E-state index is -0.561. The van der Waals surface area contributed by atoms with Crippen molar-refractivity contribution in [1.82, 2.24) is 9.97 Å². The lowest BCUT2D eigenvalue weighted by atomic mass is 10.2. The highest BCUT2D eigenvalue weighted by Gasteiger charge is 2.16. The molecule has 0 saturated heterocycles. The molecule has 9 nitrogen and oxygen atoms in total. The Morgan fingerprint density at radius 3 is 2.58 bits per heavy atom. The lowest BCUT2D eigenvalue weighted by Gasteiger charge is -1.99. The average Bonchev–Trinajstić information content (AvgIpc) is 3.25. The van der Waals surface area contributed by atoms with Gasteiger partial charge in [0.05, 0.1) is 12.1 Å². The van der Waals surface area contributed by atoms with Crippen LogP contribution in [0.15, 0.2) is 46.4 Å². The van der Waals surface area contributed by atoms with Crippen molar-refractivity contribution in [2.75, 3.05) is 10.6 Å². The predicted molar refractivity (Wildman–Crippen MR) is 93.9 cm³/mol. The van der Waals surface area contributed by atoms with Crippen molar-refractivity contribution in [3.05, 3.63) is 58.9 Å². The van der Waals surface area contributed by atoms with Crippen LogP contribution in [0.2, 0.25) is 0 Å². The molecule has 0 aliphatic rings. The number of nitrogens with two attached hydrogens (primary N) is 1. The molecule has 0 atom stereocenters. The molecular weight excluding hydrogens is 358 g/mol. The molecule has 3 aromatic rings. The van der Waals surface area contributed by atoms with Crippen LogP contribution in [0, 0.1) is 0 Å². The van der Waals surface area contributed by atoms with Crippen LogP contribution in [0.25, 0.3) is 0 Å². The number of anilines is 2. The summed E-state index contributed by atoms with van der Waals surface area (Å²) in [4.78, 5) is 43.0. The van der Waals surface area contributed by atoms with Gasteiger partial charge in [0.1, 0.15) is 6.26 Å². The van der Waals surface area contributed by atoms with Crippen molar-refractivity contribution in [2.45, 2.75) is 6.42 Å². The second kappa shape index (κ2) is 7.57. The van der Waals surface area contributed by atoms with E-state index in [1.165, 1.54) is 0 Å². The summed E-state index contributed by atoms with van der Waals surface area (Å²) in [5, 5.41) is 6.91. The smallest absolute Gasteiger partial charge is 0.302 e. The fourth-order valence-corrected chi connectivity index (χ4v) is 2.68. The molecule has 0 spiro atoms. The quantitative estimate of drug-likeness (QED) is 0.602. The summed E-state index contributed by atoms with van der Waals surface area (Å²) in [5.41, 5.74) is 5.96. The Balaban J connectivity index is 1.62. The molecule has 26 heavy (non-hydrogen) atoms. The molecule has 0 bridgehead atoms. The summed E-state index contributed by atoms with van der Waals surface area (Å²) in [6.07, 6.45) is 1.11. The largest absolute Gasteiger partial charge is 0.431 e. The second-order valence-corrected chi connectivity index (χ2v) is 5.96. The first kappa shape index (κ1) is 17.3. The van der Waals surface area contributed by atoms with Gasteiger partial charge in [-0.25, -0.2) is 4.98 Å². The molecule has 3 rings (SSSR count). The molecule has 2 aromatic heterocycles. The van der Waals surface area contributed by atoms with Gasteiger partial charge in [0.2, 0.25) is 5.91 Å². The number of rotatable bonds is 6. The molecule has 2 heterocycles. The zero-order chi connectivity index (χ0) is 18.5. The van der Waals surface area contributed by atoms with E-state index in [4.69, 9.17) is 10.2 Å². The number of primary amides is 1. The number of aromatic nitrogens is 2. The van der Waals surface area contributed by atoms with Crippen LogP contribution in [0.1, 0.15) is 26.5 Å². The van der Waals surface area contributed by atoms with Crippen molar-refractivity contribution in [2.24, 2.45) is 5.73 Å². The van der Waals surface area contributed by atoms with E-state index in [1.54, 1.807) is 35.7 Å². The molecule has 0 aliphatic carbocycles. The topological polar surface area (TPSA) is 140 Å². The molecule has 1 aromatic carbocycles. The molecular formula is C16H13N5O4S. The van der Waals surface area contributed by atoms with Gasteiger partial charge in [0, 0.05) is 10.9 Å². The van der Waals surface area contributed by atoms with Gasteiger partial charge in [-0.3, -0.25) is 25.0 Å². The number of hydrogen-bond acceptors (Lipinski definition) is 7. The monoisotopic (exact) mass is 371 g/mol. The second-order valence-electron chi connectivity index (χ2n) is 5.10. The number of thiazole rings is 1. The van der Waals surface area contributed by atoms with E-state index in [0.717, 1.165) is 17.6 Å². The van der Waals surface area contributed by atoms with E-state index in [0.29, 0.717) is 16.4 Å². The minimum Gasteiger partial charge on any atom is -0.431 e. The number of hydrogen-bond donors (Lipinski definition) is 3. The maximum atomic E-state index is 12.1. The molecule has 0 fully saturated rings. The highest BCUT2D eigenvalue weighted by Crippen LogP contribution is 2.17. The van der Waals surface area contributed by atoms with E-state index in [-0.39, 0.29) is 18.1 Å². The molecule has 132 valence electrons. The number of nitrogens with one attached hydrogen (secondary N) is 2. The standard InChI is InChI=1S/C16H13N5O4S/c17-12(22)6-10-8-26-16(18-10)21-14(24)11-7-25-15(19-11)20-13(23)9-4-2-1-3-5-9/h1-5,7-8H,6H2,(H2,17,22)(H,18,21,24)(H,19,20,23). The Morgan fingerprint density at radius 1 is 1.08 bits per heavy atom. The van der Waals surface area contributed by atoms with Gasteiger partial charge in [-0.15, -0.1) is 11.3 Å². The molecule has 0 aliphatic heterocycles. The summed E-state index contributed by atoms with van der Waals surface area (Å²) < 4.78 is 5.09. The van der Waals surface area contributed by atoms with Crippen molar-refractivity contribution in [3.63, 3.8) is 0 Å². The fourth-order valence-electron chi connectivity index (χ4n) is 1.98. The van der Waals surface area contributed by atoms with Gasteiger partial charge < -0.3 is 10.2 Å². The Labute approximate surface area is 151 Å². The van der Waals surface area contributed by atoms with Crippen molar-refractivity contribution in [3.8, 4) is 0 Å².